The van der Waals surface area contributed by atoms with Gasteiger partial charge in [-0.15, -0.1) is 0 Å². The molecule has 1 aliphatic rings. The average molecular weight is 375 g/mol. The zero-order chi connectivity index (χ0) is 18.5. The fourth-order valence-electron chi connectivity index (χ4n) is 3.58. The molecule has 1 saturated heterocycles. The summed E-state index contributed by atoms with van der Waals surface area (Å²) < 4.78 is 11.2. The lowest BCUT2D eigenvalue weighted by Crippen LogP contribution is -2.39. The van der Waals surface area contributed by atoms with Gasteiger partial charge in [-0.3, -0.25) is 9.69 Å². The lowest BCUT2D eigenvalue weighted by molar-refractivity contribution is -0.143. The summed E-state index contributed by atoms with van der Waals surface area (Å²) in [6.45, 7) is 4.08. The third-order valence-corrected chi connectivity index (χ3v) is 5.61. The number of carbonyl (C=O) groups is 1. The summed E-state index contributed by atoms with van der Waals surface area (Å²) in [5.41, 5.74) is 2.37. The topological polar surface area (TPSA) is 59.0 Å². The first-order valence-electron chi connectivity index (χ1n) is 8.93. The van der Waals surface area contributed by atoms with E-state index in [9.17, 15) is 9.90 Å². The minimum atomic E-state index is -0.681. The quantitative estimate of drug-likeness (QED) is 0.791. The van der Waals surface area contributed by atoms with Crippen LogP contribution in [0.3, 0.4) is 0 Å². The standard InChI is InChI=1S/C20H25NO4S/c1-3-25-17-5-4-15(12-18(17)24-2)19(16-8-11-26-13-16)21-9-6-14(7-10-21)20(22)23/h4-5,8,11-14,19H,3,6-7,9-10H2,1-2H3,(H,22,23). The van der Waals surface area contributed by atoms with Gasteiger partial charge in [0.2, 0.25) is 0 Å². The summed E-state index contributed by atoms with van der Waals surface area (Å²) >= 11 is 1.68. The molecule has 1 atom stereocenters. The third kappa shape index (κ3) is 4.02. The highest BCUT2D eigenvalue weighted by molar-refractivity contribution is 7.08. The van der Waals surface area contributed by atoms with Gasteiger partial charge >= 0.3 is 5.97 Å². The first-order chi connectivity index (χ1) is 12.6. The second kappa shape index (κ2) is 8.56. The van der Waals surface area contributed by atoms with Gasteiger partial charge in [-0.05, 0) is 72.9 Å². The predicted molar refractivity (Wildman–Crippen MR) is 102 cm³/mol. The Morgan fingerprint density at radius 1 is 1.27 bits per heavy atom. The third-order valence-electron chi connectivity index (χ3n) is 4.91. The molecule has 26 heavy (non-hydrogen) atoms. The lowest BCUT2D eigenvalue weighted by atomic mass is 9.92. The van der Waals surface area contributed by atoms with E-state index in [2.05, 4.69) is 27.8 Å². The molecule has 0 bridgehead atoms. The van der Waals surface area contributed by atoms with Crippen LogP contribution in [-0.2, 0) is 4.79 Å². The Balaban J connectivity index is 1.89. The number of piperidine rings is 1. The Morgan fingerprint density at radius 3 is 2.62 bits per heavy atom. The molecule has 1 fully saturated rings. The number of hydrogen-bond donors (Lipinski definition) is 1. The fourth-order valence-corrected chi connectivity index (χ4v) is 4.26. The maximum absolute atomic E-state index is 11.3. The molecule has 1 N–H and O–H groups in total. The minimum Gasteiger partial charge on any atom is -0.493 e. The van der Waals surface area contributed by atoms with E-state index in [0.29, 0.717) is 19.4 Å². The van der Waals surface area contributed by atoms with Gasteiger partial charge in [0.1, 0.15) is 0 Å². The van der Waals surface area contributed by atoms with Crippen LogP contribution in [-0.4, -0.2) is 42.8 Å². The number of ether oxygens (including phenoxy) is 2. The highest BCUT2D eigenvalue weighted by Gasteiger charge is 2.30. The number of likely N-dealkylation sites (tertiary alicyclic amines) is 1. The van der Waals surface area contributed by atoms with Crippen LogP contribution < -0.4 is 9.47 Å². The highest BCUT2D eigenvalue weighted by atomic mass is 32.1. The summed E-state index contributed by atoms with van der Waals surface area (Å²) in [5, 5.41) is 13.5. The molecule has 1 aromatic carbocycles. The van der Waals surface area contributed by atoms with Gasteiger partial charge in [0, 0.05) is 0 Å². The Kier molecular flexibility index (Phi) is 6.16. The van der Waals surface area contributed by atoms with E-state index in [-0.39, 0.29) is 12.0 Å². The van der Waals surface area contributed by atoms with Crippen LogP contribution in [0.2, 0.25) is 0 Å². The maximum atomic E-state index is 11.3. The number of carboxylic acid groups (broad SMARTS) is 1. The molecule has 1 unspecified atom stereocenters. The van der Waals surface area contributed by atoms with Crippen molar-refractivity contribution in [1.29, 1.82) is 0 Å². The lowest BCUT2D eigenvalue weighted by Gasteiger charge is -2.36. The van der Waals surface area contributed by atoms with Gasteiger partial charge in [0.15, 0.2) is 11.5 Å². The molecule has 0 amide bonds. The van der Waals surface area contributed by atoms with Crippen molar-refractivity contribution in [2.75, 3.05) is 26.8 Å². The summed E-state index contributed by atoms with van der Waals surface area (Å²) in [4.78, 5) is 13.6. The molecule has 1 aliphatic heterocycles. The van der Waals surface area contributed by atoms with E-state index >= 15 is 0 Å². The number of aliphatic carboxylic acids is 1. The minimum absolute atomic E-state index is 0.0978. The number of rotatable bonds is 7. The first kappa shape index (κ1) is 18.7. The monoisotopic (exact) mass is 375 g/mol. The Hall–Kier alpha value is -2.05. The van der Waals surface area contributed by atoms with E-state index in [1.54, 1.807) is 18.4 Å². The highest BCUT2D eigenvalue weighted by Crippen LogP contribution is 2.37. The molecule has 5 nitrogen and oxygen atoms in total. The number of methoxy groups -OCH3 is 1. The number of carboxylic acids is 1. The molecule has 2 aromatic rings. The van der Waals surface area contributed by atoms with Gasteiger partial charge in [0.05, 0.1) is 25.7 Å². The van der Waals surface area contributed by atoms with Gasteiger partial charge in [0.25, 0.3) is 0 Å². The molecule has 0 aliphatic carbocycles. The zero-order valence-electron chi connectivity index (χ0n) is 15.2. The molecule has 1 aromatic heterocycles. The van der Waals surface area contributed by atoms with E-state index in [1.165, 1.54) is 5.56 Å². The normalized spacial score (nSPS) is 17.0. The number of nitrogens with zero attached hydrogens (tertiary/aromatic N) is 1. The number of benzene rings is 1. The Bertz CT molecular complexity index is 723. The molecular formula is C20H25NO4S. The Labute approximate surface area is 158 Å². The molecule has 0 radical (unpaired) electrons. The predicted octanol–water partition coefficient (Wildman–Crippen LogP) is 4.04. The van der Waals surface area contributed by atoms with Crippen LogP contribution in [0.15, 0.2) is 35.0 Å². The molecule has 2 heterocycles. The number of thiophene rings is 1. The summed E-state index contributed by atoms with van der Waals surface area (Å²) in [6, 6.07) is 8.32. The van der Waals surface area contributed by atoms with Crippen molar-refractivity contribution in [3.8, 4) is 11.5 Å². The van der Waals surface area contributed by atoms with Crippen molar-refractivity contribution in [2.45, 2.75) is 25.8 Å². The summed E-state index contributed by atoms with van der Waals surface area (Å²) in [5.74, 6) is 0.557. The van der Waals surface area contributed by atoms with Crippen LogP contribution in [0.4, 0.5) is 0 Å². The van der Waals surface area contributed by atoms with Crippen LogP contribution in [0.25, 0.3) is 0 Å². The van der Waals surface area contributed by atoms with Crippen molar-refractivity contribution in [3.63, 3.8) is 0 Å². The van der Waals surface area contributed by atoms with E-state index in [1.807, 2.05) is 19.1 Å². The summed E-state index contributed by atoms with van der Waals surface area (Å²) in [7, 11) is 1.65. The maximum Gasteiger partial charge on any atom is 0.306 e. The van der Waals surface area contributed by atoms with Crippen LogP contribution >= 0.6 is 11.3 Å². The van der Waals surface area contributed by atoms with Gasteiger partial charge in [-0.1, -0.05) is 6.07 Å². The fraction of sp³-hybridized carbons (Fsp3) is 0.450. The first-order valence-corrected chi connectivity index (χ1v) is 9.88. The Morgan fingerprint density at radius 2 is 2.04 bits per heavy atom. The van der Waals surface area contributed by atoms with Crippen molar-refractivity contribution in [3.05, 3.63) is 46.2 Å². The van der Waals surface area contributed by atoms with Crippen LogP contribution in [0.1, 0.15) is 36.9 Å². The molecule has 3 rings (SSSR count). The smallest absolute Gasteiger partial charge is 0.306 e. The van der Waals surface area contributed by atoms with Crippen molar-refractivity contribution in [2.24, 2.45) is 5.92 Å². The van der Waals surface area contributed by atoms with Crippen molar-refractivity contribution in [1.82, 2.24) is 4.90 Å². The number of hydrogen-bond acceptors (Lipinski definition) is 5. The van der Waals surface area contributed by atoms with E-state index in [4.69, 9.17) is 9.47 Å². The molecular weight excluding hydrogens is 350 g/mol. The molecule has 140 valence electrons. The van der Waals surface area contributed by atoms with Gasteiger partial charge in [-0.25, -0.2) is 0 Å². The molecule has 0 saturated carbocycles. The second-order valence-electron chi connectivity index (χ2n) is 6.45. The second-order valence-corrected chi connectivity index (χ2v) is 7.23. The zero-order valence-corrected chi connectivity index (χ0v) is 16.0. The van der Waals surface area contributed by atoms with Crippen molar-refractivity contribution >= 4 is 17.3 Å². The SMILES string of the molecule is CCOc1ccc(C(c2ccsc2)N2CCC(C(=O)O)CC2)cc1OC. The molecule has 6 heteroatoms. The van der Waals surface area contributed by atoms with E-state index in [0.717, 1.165) is 30.2 Å². The van der Waals surface area contributed by atoms with Crippen molar-refractivity contribution < 1.29 is 19.4 Å². The van der Waals surface area contributed by atoms with Crippen LogP contribution in [0, 0.1) is 5.92 Å². The van der Waals surface area contributed by atoms with Gasteiger partial charge in [-0.2, -0.15) is 11.3 Å². The molecule has 0 spiro atoms. The summed E-state index contributed by atoms with van der Waals surface area (Å²) in [6.07, 6.45) is 1.37. The average Bonchev–Trinajstić information content (AvgIpc) is 3.18. The van der Waals surface area contributed by atoms with Gasteiger partial charge < -0.3 is 14.6 Å². The van der Waals surface area contributed by atoms with Crippen LogP contribution in [0.5, 0.6) is 11.5 Å². The van der Waals surface area contributed by atoms with E-state index < -0.39 is 5.97 Å². The largest absolute Gasteiger partial charge is 0.493 e.